The molecule has 3 aromatic rings. The zero-order valence-corrected chi connectivity index (χ0v) is 15.9. The van der Waals surface area contributed by atoms with E-state index in [1.54, 1.807) is 13.3 Å². The molecule has 0 bridgehead atoms. The summed E-state index contributed by atoms with van der Waals surface area (Å²) < 4.78 is 7.97. The molecule has 5 nitrogen and oxygen atoms in total. The van der Waals surface area contributed by atoms with Gasteiger partial charge in [-0.2, -0.15) is 0 Å². The standard InChI is InChI=1S/C18H16BrN3O2S/c1-24-14-8-6-13(7-9-14)22-11-10-20-18(22)25-12-17(23)21-16-5-3-2-4-15(16)19/h2-11H,12H2,1H3,(H,21,23). The number of benzene rings is 2. The second-order valence-corrected chi connectivity index (χ2v) is 6.89. The van der Waals surface area contributed by atoms with Crippen LogP contribution in [0, 0.1) is 0 Å². The molecular formula is C18H16BrN3O2S. The molecule has 0 aliphatic rings. The Balaban J connectivity index is 1.65. The van der Waals surface area contributed by atoms with Crippen molar-refractivity contribution in [2.75, 3.05) is 18.2 Å². The number of anilines is 1. The number of halogens is 1. The van der Waals surface area contributed by atoms with Gasteiger partial charge < -0.3 is 10.1 Å². The van der Waals surface area contributed by atoms with Crippen LogP contribution >= 0.6 is 27.7 Å². The van der Waals surface area contributed by atoms with E-state index in [0.29, 0.717) is 0 Å². The predicted octanol–water partition coefficient (Wildman–Crippen LogP) is 4.37. The summed E-state index contributed by atoms with van der Waals surface area (Å²) in [4.78, 5) is 16.5. The number of amides is 1. The van der Waals surface area contributed by atoms with Crippen LogP contribution in [0.3, 0.4) is 0 Å². The normalized spacial score (nSPS) is 10.5. The number of ether oxygens (including phenoxy) is 1. The monoisotopic (exact) mass is 417 g/mol. The van der Waals surface area contributed by atoms with Crippen molar-refractivity contribution in [3.05, 3.63) is 65.4 Å². The van der Waals surface area contributed by atoms with Gasteiger partial charge in [0.1, 0.15) is 5.75 Å². The average molecular weight is 418 g/mol. The topological polar surface area (TPSA) is 56.2 Å². The van der Waals surface area contributed by atoms with Crippen LogP contribution in [0.5, 0.6) is 5.75 Å². The number of nitrogens with zero attached hydrogens (tertiary/aromatic N) is 2. The molecule has 0 spiro atoms. The van der Waals surface area contributed by atoms with E-state index in [2.05, 4.69) is 26.2 Å². The molecule has 0 aliphatic carbocycles. The van der Waals surface area contributed by atoms with Gasteiger partial charge in [-0.1, -0.05) is 23.9 Å². The van der Waals surface area contributed by atoms with Crippen molar-refractivity contribution in [3.63, 3.8) is 0 Å². The summed E-state index contributed by atoms with van der Waals surface area (Å²) in [5.41, 5.74) is 1.72. The summed E-state index contributed by atoms with van der Waals surface area (Å²) in [5, 5.41) is 3.64. The summed E-state index contributed by atoms with van der Waals surface area (Å²) in [6.07, 6.45) is 3.59. The molecular weight excluding hydrogens is 402 g/mol. The molecule has 0 unspecified atom stereocenters. The Hall–Kier alpha value is -2.25. The Labute approximate surface area is 158 Å². The van der Waals surface area contributed by atoms with Crippen molar-refractivity contribution < 1.29 is 9.53 Å². The van der Waals surface area contributed by atoms with Gasteiger partial charge in [-0.3, -0.25) is 9.36 Å². The largest absolute Gasteiger partial charge is 0.497 e. The minimum absolute atomic E-state index is 0.0822. The lowest BCUT2D eigenvalue weighted by molar-refractivity contribution is -0.113. The molecule has 0 fully saturated rings. The average Bonchev–Trinajstić information content (AvgIpc) is 3.10. The van der Waals surface area contributed by atoms with Gasteiger partial charge in [-0.05, 0) is 52.3 Å². The second kappa shape index (κ2) is 8.22. The number of carbonyl (C=O) groups is 1. The predicted molar refractivity (Wildman–Crippen MR) is 104 cm³/mol. The molecule has 0 saturated heterocycles. The molecule has 1 N–H and O–H groups in total. The Kier molecular flexibility index (Phi) is 5.78. The molecule has 25 heavy (non-hydrogen) atoms. The minimum Gasteiger partial charge on any atom is -0.497 e. The maximum Gasteiger partial charge on any atom is 0.234 e. The van der Waals surface area contributed by atoms with E-state index in [-0.39, 0.29) is 11.7 Å². The van der Waals surface area contributed by atoms with Gasteiger partial charge in [0.05, 0.1) is 18.6 Å². The van der Waals surface area contributed by atoms with Crippen molar-refractivity contribution >= 4 is 39.3 Å². The number of hydrogen-bond acceptors (Lipinski definition) is 4. The summed E-state index contributed by atoms with van der Waals surface area (Å²) >= 11 is 4.81. The third kappa shape index (κ3) is 4.43. The number of hydrogen-bond donors (Lipinski definition) is 1. The van der Waals surface area contributed by atoms with Crippen molar-refractivity contribution in [1.82, 2.24) is 9.55 Å². The van der Waals surface area contributed by atoms with E-state index in [0.717, 1.165) is 26.8 Å². The summed E-state index contributed by atoms with van der Waals surface area (Å²) in [6, 6.07) is 15.2. The number of aromatic nitrogens is 2. The number of rotatable bonds is 6. The fourth-order valence-electron chi connectivity index (χ4n) is 2.21. The van der Waals surface area contributed by atoms with Crippen LogP contribution in [0.4, 0.5) is 5.69 Å². The first kappa shape index (κ1) is 17.6. The highest BCUT2D eigenvalue weighted by molar-refractivity contribution is 9.10. The maximum absolute atomic E-state index is 12.2. The SMILES string of the molecule is COc1ccc(-n2ccnc2SCC(=O)Nc2ccccc2Br)cc1. The zero-order chi connectivity index (χ0) is 17.6. The minimum atomic E-state index is -0.0822. The molecule has 0 atom stereocenters. The maximum atomic E-state index is 12.2. The number of nitrogens with one attached hydrogen (secondary N) is 1. The number of thioether (sulfide) groups is 1. The Morgan fingerprint density at radius 2 is 2.00 bits per heavy atom. The fraction of sp³-hybridized carbons (Fsp3) is 0.111. The molecule has 1 amide bonds. The first-order valence-electron chi connectivity index (χ1n) is 7.52. The van der Waals surface area contributed by atoms with E-state index in [4.69, 9.17) is 4.74 Å². The molecule has 1 aromatic heterocycles. The number of carbonyl (C=O) groups excluding carboxylic acids is 1. The molecule has 1 heterocycles. The van der Waals surface area contributed by atoms with Crippen molar-refractivity contribution in [2.45, 2.75) is 5.16 Å². The second-order valence-electron chi connectivity index (χ2n) is 5.09. The fourth-order valence-corrected chi connectivity index (χ4v) is 3.37. The lowest BCUT2D eigenvalue weighted by atomic mass is 10.3. The molecule has 0 radical (unpaired) electrons. The van der Waals surface area contributed by atoms with E-state index in [1.807, 2.05) is 59.3 Å². The van der Waals surface area contributed by atoms with Gasteiger partial charge >= 0.3 is 0 Å². The molecule has 128 valence electrons. The number of imidazole rings is 1. The Morgan fingerprint density at radius 3 is 2.72 bits per heavy atom. The summed E-state index contributed by atoms with van der Waals surface area (Å²) in [6.45, 7) is 0. The van der Waals surface area contributed by atoms with Crippen LogP contribution in [-0.2, 0) is 4.79 Å². The lowest BCUT2D eigenvalue weighted by Gasteiger charge is -2.09. The van der Waals surface area contributed by atoms with Gasteiger partial charge in [0.25, 0.3) is 0 Å². The highest BCUT2D eigenvalue weighted by Gasteiger charge is 2.10. The van der Waals surface area contributed by atoms with E-state index in [9.17, 15) is 4.79 Å². The van der Waals surface area contributed by atoms with Crippen LogP contribution in [0.1, 0.15) is 0 Å². The number of para-hydroxylation sites is 1. The Morgan fingerprint density at radius 1 is 1.24 bits per heavy atom. The van der Waals surface area contributed by atoms with Gasteiger partial charge in [0.15, 0.2) is 5.16 Å². The van der Waals surface area contributed by atoms with Crippen LogP contribution in [0.25, 0.3) is 5.69 Å². The highest BCUT2D eigenvalue weighted by atomic mass is 79.9. The molecule has 0 saturated carbocycles. The van der Waals surface area contributed by atoms with Gasteiger partial charge in [0, 0.05) is 22.6 Å². The van der Waals surface area contributed by atoms with Crippen molar-refractivity contribution in [3.8, 4) is 11.4 Å². The molecule has 3 rings (SSSR count). The smallest absolute Gasteiger partial charge is 0.234 e. The van der Waals surface area contributed by atoms with Crippen molar-refractivity contribution in [2.24, 2.45) is 0 Å². The highest BCUT2D eigenvalue weighted by Crippen LogP contribution is 2.24. The van der Waals surface area contributed by atoms with Gasteiger partial charge in [0.2, 0.25) is 5.91 Å². The quantitative estimate of drug-likeness (QED) is 0.604. The summed E-state index contributed by atoms with van der Waals surface area (Å²) in [7, 11) is 1.64. The van der Waals surface area contributed by atoms with Gasteiger partial charge in [-0.15, -0.1) is 0 Å². The zero-order valence-electron chi connectivity index (χ0n) is 13.5. The van der Waals surface area contributed by atoms with E-state index in [1.165, 1.54) is 11.8 Å². The summed E-state index contributed by atoms with van der Waals surface area (Å²) in [5.74, 6) is 0.987. The number of methoxy groups -OCH3 is 1. The first-order chi connectivity index (χ1) is 12.2. The Bertz CT molecular complexity index is 865. The third-order valence-corrected chi connectivity index (χ3v) is 5.10. The first-order valence-corrected chi connectivity index (χ1v) is 9.30. The molecule has 7 heteroatoms. The van der Waals surface area contributed by atoms with Crippen LogP contribution in [0.2, 0.25) is 0 Å². The van der Waals surface area contributed by atoms with Crippen LogP contribution in [-0.4, -0.2) is 28.3 Å². The van der Waals surface area contributed by atoms with Crippen LogP contribution < -0.4 is 10.1 Å². The van der Waals surface area contributed by atoms with E-state index >= 15 is 0 Å². The van der Waals surface area contributed by atoms with Crippen molar-refractivity contribution in [1.29, 1.82) is 0 Å². The van der Waals surface area contributed by atoms with Gasteiger partial charge in [-0.25, -0.2) is 4.98 Å². The molecule has 2 aromatic carbocycles. The van der Waals surface area contributed by atoms with E-state index < -0.39 is 0 Å². The molecule has 0 aliphatic heterocycles. The third-order valence-electron chi connectivity index (χ3n) is 3.44. The lowest BCUT2D eigenvalue weighted by Crippen LogP contribution is -2.14. The van der Waals surface area contributed by atoms with Crippen LogP contribution in [0.15, 0.2) is 70.6 Å².